The molecule has 2 N–H and O–H groups in total. The molecule has 3 aromatic heterocycles. The third-order valence-corrected chi connectivity index (χ3v) is 5.36. The van der Waals surface area contributed by atoms with Gasteiger partial charge in [0.15, 0.2) is 11.4 Å². The molecular formula is C23H31N5O4. The Bertz CT molecular complexity index is 1100. The molecule has 9 nitrogen and oxygen atoms in total. The van der Waals surface area contributed by atoms with Crippen molar-refractivity contribution in [3.63, 3.8) is 0 Å². The Balaban J connectivity index is 1.49. The lowest BCUT2D eigenvalue weighted by Crippen LogP contribution is -2.42. The van der Waals surface area contributed by atoms with Gasteiger partial charge in [0.25, 0.3) is 0 Å². The minimum atomic E-state index is -0.488. The molecule has 0 atom stereocenters. The Morgan fingerprint density at radius 3 is 2.62 bits per heavy atom. The van der Waals surface area contributed by atoms with Gasteiger partial charge in [-0.25, -0.2) is 9.78 Å². The molecule has 4 heterocycles. The molecule has 1 amide bonds. The minimum Gasteiger partial charge on any atom is -0.484 e. The molecule has 1 saturated heterocycles. The van der Waals surface area contributed by atoms with Gasteiger partial charge >= 0.3 is 6.09 Å². The number of hydrogen-bond acceptors (Lipinski definition) is 7. The predicted octanol–water partition coefficient (Wildman–Crippen LogP) is 4.63. The zero-order chi connectivity index (χ0) is 23.0. The summed E-state index contributed by atoms with van der Waals surface area (Å²) in [6.07, 6.45) is 8.55. The van der Waals surface area contributed by atoms with Gasteiger partial charge in [0.2, 0.25) is 5.75 Å². The van der Waals surface area contributed by atoms with Crippen LogP contribution in [0, 0.1) is 0 Å². The fourth-order valence-corrected chi connectivity index (χ4v) is 3.87. The third-order valence-electron chi connectivity index (χ3n) is 5.36. The number of carbonyl (C=O) groups excluding carboxylic acids is 1. The fourth-order valence-electron chi connectivity index (χ4n) is 3.87. The molecule has 0 saturated carbocycles. The van der Waals surface area contributed by atoms with Crippen molar-refractivity contribution in [1.82, 2.24) is 19.7 Å². The first-order valence-electron chi connectivity index (χ1n) is 11.0. The van der Waals surface area contributed by atoms with Crippen molar-refractivity contribution in [2.24, 2.45) is 0 Å². The summed E-state index contributed by atoms with van der Waals surface area (Å²) in [5.41, 5.74) is 7.91. The van der Waals surface area contributed by atoms with Gasteiger partial charge in [-0.1, -0.05) is 0 Å². The van der Waals surface area contributed by atoms with E-state index in [1.54, 1.807) is 17.4 Å². The summed E-state index contributed by atoms with van der Waals surface area (Å²) in [5.74, 6) is 0.769. The number of piperidine rings is 1. The van der Waals surface area contributed by atoms with Gasteiger partial charge in [-0.15, -0.1) is 0 Å². The number of likely N-dealkylation sites (tertiary alicyclic amines) is 1. The Kier molecular flexibility index (Phi) is 5.75. The zero-order valence-corrected chi connectivity index (χ0v) is 19.3. The van der Waals surface area contributed by atoms with Gasteiger partial charge in [-0.3, -0.25) is 4.68 Å². The largest absolute Gasteiger partial charge is 0.484 e. The van der Waals surface area contributed by atoms with E-state index in [0.29, 0.717) is 30.2 Å². The van der Waals surface area contributed by atoms with Crippen LogP contribution in [0.2, 0.25) is 0 Å². The molecule has 1 fully saturated rings. The van der Waals surface area contributed by atoms with E-state index in [0.717, 1.165) is 29.4 Å². The van der Waals surface area contributed by atoms with Crippen LogP contribution in [0.1, 0.15) is 53.5 Å². The second-order valence-corrected chi connectivity index (χ2v) is 9.44. The minimum absolute atomic E-state index is 0.0486. The summed E-state index contributed by atoms with van der Waals surface area (Å²) in [5, 5.41) is 5.41. The quantitative estimate of drug-likeness (QED) is 0.628. The van der Waals surface area contributed by atoms with Crippen LogP contribution in [0.25, 0.3) is 22.1 Å². The number of aromatic nitrogens is 3. The van der Waals surface area contributed by atoms with Crippen LogP contribution >= 0.6 is 0 Å². The number of anilines is 1. The molecule has 0 bridgehead atoms. The van der Waals surface area contributed by atoms with Crippen molar-refractivity contribution >= 4 is 22.9 Å². The molecule has 1 aliphatic heterocycles. The number of ether oxygens (including phenoxy) is 2. The maximum Gasteiger partial charge on any atom is 0.410 e. The molecule has 0 aromatic carbocycles. The molecule has 4 rings (SSSR count). The van der Waals surface area contributed by atoms with Crippen molar-refractivity contribution in [3.05, 3.63) is 24.9 Å². The molecule has 0 spiro atoms. The number of rotatable bonds is 4. The van der Waals surface area contributed by atoms with Gasteiger partial charge < -0.3 is 24.5 Å². The highest BCUT2D eigenvalue weighted by atomic mass is 16.6. The van der Waals surface area contributed by atoms with Gasteiger partial charge in [0.1, 0.15) is 11.9 Å². The molecule has 172 valence electrons. The van der Waals surface area contributed by atoms with E-state index in [2.05, 4.69) is 10.1 Å². The van der Waals surface area contributed by atoms with Crippen LogP contribution in [-0.4, -0.2) is 50.6 Å². The third kappa shape index (κ3) is 4.51. The SMILES string of the molecule is CC(C)Oc1c(N)ncc2c(-c3cnn(C4CCN(C(=O)OC(C)(C)C)CC4)c3)coc12. The van der Waals surface area contributed by atoms with E-state index >= 15 is 0 Å². The van der Waals surface area contributed by atoms with E-state index in [9.17, 15) is 4.79 Å². The molecule has 0 aliphatic carbocycles. The fraction of sp³-hybridized carbons (Fsp3) is 0.522. The average Bonchev–Trinajstić information content (AvgIpc) is 3.36. The monoisotopic (exact) mass is 441 g/mol. The normalized spacial score (nSPS) is 15.5. The van der Waals surface area contributed by atoms with Crippen LogP contribution in [-0.2, 0) is 4.74 Å². The Labute approximate surface area is 187 Å². The second kappa shape index (κ2) is 8.37. The Hall–Kier alpha value is -3.23. The number of nitrogen functional groups attached to an aromatic ring is 1. The maximum atomic E-state index is 12.3. The van der Waals surface area contributed by atoms with E-state index in [1.165, 1.54) is 0 Å². The van der Waals surface area contributed by atoms with Crippen molar-refractivity contribution in [1.29, 1.82) is 0 Å². The van der Waals surface area contributed by atoms with Crippen molar-refractivity contribution < 1.29 is 18.7 Å². The predicted molar refractivity (Wildman–Crippen MR) is 121 cm³/mol. The molecule has 9 heteroatoms. The molecule has 1 aliphatic rings. The average molecular weight is 442 g/mol. The molecule has 32 heavy (non-hydrogen) atoms. The number of nitrogens with zero attached hydrogens (tertiary/aromatic N) is 4. The van der Waals surface area contributed by atoms with Gasteiger partial charge in [-0.2, -0.15) is 5.10 Å². The zero-order valence-electron chi connectivity index (χ0n) is 19.3. The van der Waals surface area contributed by atoms with Crippen molar-refractivity contribution in [2.45, 2.75) is 65.2 Å². The highest BCUT2D eigenvalue weighted by Gasteiger charge is 2.28. The second-order valence-electron chi connectivity index (χ2n) is 9.44. The van der Waals surface area contributed by atoms with Crippen LogP contribution in [0.5, 0.6) is 5.75 Å². The van der Waals surface area contributed by atoms with E-state index < -0.39 is 5.60 Å². The first kappa shape index (κ1) is 22.0. The number of pyridine rings is 1. The van der Waals surface area contributed by atoms with Gasteiger partial charge in [0, 0.05) is 36.6 Å². The summed E-state index contributed by atoms with van der Waals surface area (Å²) in [7, 11) is 0. The smallest absolute Gasteiger partial charge is 0.410 e. The maximum absolute atomic E-state index is 12.3. The highest BCUT2D eigenvalue weighted by Crippen LogP contribution is 2.38. The number of fused-ring (bicyclic) bond motifs is 1. The Morgan fingerprint density at radius 2 is 1.97 bits per heavy atom. The highest BCUT2D eigenvalue weighted by molar-refractivity contribution is 5.97. The summed E-state index contributed by atoms with van der Waals surface area (Å²) in [6, 6.07) is 0.217. The number of hydrogen-bond donors (Lipinski definition) is 1. The number of furan rings is 1. The van der Waals surface area contributed by atoms with Crippen molar-refractivity contribution in [3.8, 4) is 16.9 Å². The first-order valence-corrected chi connectivity index (χ1v) is 11.0. The van der Waals surface area contributed by atoms with Crippen LogP contribution in [0.3, 0.4) is 0 Å². The van der Waals surface area contributed by atoms with E-state index in [1.807, 2.05) is 51.7 Å². The summed E-state index contributed by atoms with van der Waals surface area (Å²) >= 11 is 0. The number of carbonyl (C=O) groups is 1. The van der Waals surface area contributed by atoms with E-state index in [-0.39, 0.29) is 18.2 Å². The number of amides is 1. The topological polar surface area (TPSA) is 109 Å². The van der Waals surface area contributed by atoms with Gasteiger partial charge in [0.05, 0.1) is 23.7 Å². The van der Waals surface area contributed by atoms with Crippen LogP contribution < -0.4 is 10.5 Å². The lowest BCUT2D eigenvalue weighted by molar-refractivity contribution is 0.0185. The molecule has 0 radical (unpaired) electrons. The summed E-state index contributed by atoms with van der Waals surface area (Å²) in [6.45, 7) is 10.8. The Morgan fingerprint density at radius 1 is 1.25 bits per heavy atom. The van der Waals surface area contributed by atoms with E-state index in [4.69, 9.17) is 19.6 Å². The van der Waals surface area contributed by atoms with Crippen LogP contribution in [0.4, 0.5) is 10.6 Å². The lowest BCUT2D eigenvalue weighted by atomic mass is 10.1. The lowest BCUT2D eigenvalue weighted by Gasteiger charge is -2.33. The van der Waals surface area contributed by atoms with Crippen molar-refractivity contribution in [2.75, 3.05) is 18.8 Å². The molecule has 0 unspecified atom stereocenters. The molecular weight excluding hydrogens is 410 g/mol. The summed E-state index contributed by atoms with van der Waals surface area (Å²) < 4.78 is 19.1. The summed E-state index contributed by atoms with van der Waals surface area (Å²) in [4.78, 5) is 18.4. The van der Waals surface area contributed by atoms with Gasteiger partial charge in [-0.05, 0) is 47.5 Å². The standard InChI is InChI=1S/C23H31N5O4/c1-14(2)31-20-19-17(11-25-21(20)24)18(13-30-19)15-10-26-28(12-15)16-6-8-27(9-7-16)22(29)32-23(3,4)5/h10-14,16H,6-9H2,1-5H3,(H2,24,25). The van der Waals surface area contributed by atoms with Crippen LogP contribution in [0.15, 0.2) is 29.3 Å². The first-order chi connectivity index (χ1) is 15.1. The number of nitrogens with two attached hydrogens (primary N) is 1. The molecule has 3 aromatic rings.